The second-order valence-electron chi connectivity index (χ2n) is 8.69. The van der Waals surface area contributed by atoms with Crippen LogP contribution in [0.25, 0.3) is 0 Å². The molecule has 0 saturated carbocycles. The maximum Gasteiger partial charge on any atom is 0.251 e. The van der Waals surface area contributed by atoms with Crippen LogP contribution in [0.15, 0.2) is 42.5 Å². The smallest absolute Gasteiger partial charge is 0.251 e. The van der Waals surface area contributed by atoms with E-state index in [-0.39, 0.29) is 17.6 Å². The van der Waals surface area contributed by atoms with Crippen LogP contribution in [-0.2, 0) is 12.8 Å². The van der Waals surface area contributed by atoms with Crippen molar-refractivity contribution in [2.45, 2.75) is 50.2 Å². The van der Waals surface area contributed by atoms with Gasteiger partial charge in [0, 0.05) is 30.6 Å². The highest BCUT2D eigenvalue weighted by molar-refractivity contribution is 5.94. The molecule has 1 fully saturated rings. The quantitative estimate of drug-likeness (QED) is 0.864. The van der Waals surface area contributed by atoms with E-state index in [2.05, 4.69) is 35.5 Å². The Hall–Kier alpha value is -2.33. The van der Waals surface area contributed by atoms with Crippen molar-refractivity contribution < 1.29 is 9.53 Å². The summed E-state index contributed by atoms with van der Waals surface area (Å²) in [4.78, 5) is 15.4. The van der Waals surface area contributed by atoms with Crippen molar-refractivity contribution in [3.05, 3.63) is 64.7 Å². The van der Waals surface area contributed by atoms with Gasteiger partial charge in [0.2, 0.25) is 0 Å². The van der Waals surface area contributed by atoms with Crippen molar-refractivity contribution in [1.82, 2.24) is 10.2 Å². The molecule has 0 aromatic heterocycles. The third-order valence-corrected chi connectivity index (χ3v) is 6.76. The minimum absolute atomic E-state index is 0.00545. The largest absolute Gasteiger partial charge is 0.487 e. The molecule has 4 heteroatoms. The molecular weight excluding hydrogens is 348 g/mol. The molecular formula is C24H28N2O2. The van der Waals surface area contributed by atoms with Crippen molar-refractivity contribution in [3.63, 3.8) is 0 Å². The number of benzene rings is 2. The zero-order valence-corrected chi connectivity index (χ0v) is 16.5. The number of ether oxygens (including phenoxy) is 1. The molecule has 5 rings (SSSR count). The zero-order valence-electron chi connectivity index (χ0n) is 16.5. The molecule has 28 heavy (non-hydrogen) atoms. The summed E-state index contributed by atoms with van der Waals surface area (Å²) in [5.41, 5.74) is 4.45. The number of amides is 1. The summed E-state index contributed by atoms with van der Waals surface area (Å²) in [6.07, 6.45) is 6.28. The average Bonchev–Trinajstić information content (AvgIpc) is 3.18. The van der Waals surface area contributed by atoms with Gasteiger partial charge in [0.25, 0.3) is 5.91 Å². The van der Waals surface area contributed by atoms with E-state index in [0.717, 1.165) is 62.1 Å². The molecule has 2 heterocycles. The lowest BCUT2D eigenvalue weighted by Crippen LogP contribution is -2.51. The first-order chi connectivity index (χ1) is 13.6. The van der Waals surface area contributed by atoms with Gasteiger partial charge < -0.3 is 15.0 Å². The fourth-order valence-corrected chi connectivity index (χ4v) is 5.03. The van der Waals surface area contributed by atoms with E-state index in [0.29, 0.717) is 0 Å². The summed E-state index contributed by atoms with van der Waals surface area (Å²) < 4.78 is 6.51. The lowest BCUT2D eigenvalue weighted by Gasteiger charge is -2.46. The van der Waals surface area contributed by atoms with E-state index in [1.807, 2.05) is 24.3 Å². The summed E-state index contributed by atoms with van der Waals surface area (Å²) in [6.45, 7) is 2.07. The van der Waals surface area contributed by atoms with Crippen molar-refractivity contribution in [2.75, 3.05) is 20.1 Å². The molecule has 3 aliphatic rings. The number of hydrogen-bond acceptors (Lipinski definition) is 3. The number of nitrogens with one attached hydrogen (secondary N) is 1. The zero-order chi connectivity index (χ0) is 19.1. The second kappa shape index (κ2) is 6.93. The maximum atomic E-state index is 13.1. The Bertz CT molecular complexity index is 899. The van der Waals surface area contributed by atoms with Crippen LogP contribution in [0, 0.1) is 0 Å². The molecule has 2 aromatic rings. The number of aryl methyl sites for hydroxylation is 2. The number of para-hydroxylation sites is 1. The topological polar surface area (TPSA) is 41.6 Å². The summed E-state index contributed by atoms with van der Waals surface area (Å²) in [5.74, 6) is 0.956. The number of fused-ring (bicyclic) bond motifs is 2. The van der Waals surface area contributed by atoms with Crippen LogP contribution in [0.3, 0.4) is 0 Å². The minimum atomic E-state index is -0.170. The molecule has 1 aliphatic carbocycles. The lowest BCUT2D eigenvalue weighted by atomic mass is 9.80. The molecule has 4 nitrogen and oxygen atoms in total. The van der Waals surface area contributed by atoms with Gasteiger partial charge in [-0.25, -0.2) is 0 Å². The molecule has 146 valence electrons. The molecule has 2 aromatic carbocycles. The van der Waals surface area contributed by atoms with Gasteiger partial charge in [-0.15, -0.1) is 0 Å². The molecule has 0 bridgehead atoms. The van der Waals surface area contributed by atoms with Crippen LogP contribution in [0.2, 0.25) is 0 Å². The molecule has 1 saturated heterocycles. The molecule has 0 radical (unpaired) electrons. The van der Waals surface area contributed by atoms with E-state index >= 15 is 0 Å². The van der Waals surface area contributed by atoms with Gasteiger partial charge in [0.15, 0.2) is 0 Å². The number of carbonyl (C=O) groups excluding carboxylic acids is 1. The normalized spacial score (nSPS) is 23.0. The fraction of sp³-hybridized carbons (Fsp3) is 0.458. The minimum Gasteiger partial charge on any atom is -0.487 e. The van der Waals surface area contributed by atoms with Crippen molar-refractivity contribution in [1.29, 1.82) is 0 Å². The van der Waals surface area contributed by atoms with Gasteiger partial charge in [-0.2, -0.15) is 0 Å². The van der Waals surface area contributed by atoms with Crippen LogP contribution < -0.4 is 10.1 Å². The predicted molar refractivity (Wildman–Crippen MR) is 110 cm³/mol. The highest BCUT2D eigenvalue weighted by Gasteiger charge is 2.43. The van der Waals surface area contributed by atoms with E-state index < -0.39 is 0 Å². The highest BCUT2D eigenvalue weighted by Crippen LogP contribution is 2.44. The van der Waals surface area contributed by atoms with Gasteiger partial charge in [-0.3, -0.25) is 4.79 Å². The number of carbonyl (C=O) groups is 1. The Balaban J connectivity index is 1.41. The number of nitrogens with zero attached hydrogens (tertiary/aromatic N) is 1. The van der Waals surface area contributed by atoms with Crippen LogP contribution in [0.5, 0.6) is 5.75 Å². The third kappa shape index (κ3) is 3.20. The van der Waals surface area contributed by atoms with Gasteiger partial charge in [0.1, 0.15) is 11.4 Å². The van der Waals surface area contributed by atoms with Gasteiger partial charge in [-0.1, -0.05) is 24.3 Å². The average molecular weight is 377 g/mol. The van der Waals surface area contributed by atoms with Crippen LogP contribution >= 0.6 is 0 Å². The Morgan fingerprint density at radius 2 is 1.89 bits per heavy atom. The molecule has 2 aliphatic heterocycles. The van der Waals surface area contributed by atoms with Gasteiger partial charge >= 0.3 is 0 Å². The Morgan fingerprint density at radius 1 is 1.11 bits per heavy atom. The Labute approximate surface area is 166 Å². The summed E-state index contributed by atoms with van der Waals surface area (Å²) >= 11 is 0. The van der Waals surface area contributed by atoms with Gasteiger partial charge in [0.05, 0.1) is 6.04 Å². The van der Waals surface area contributed by atoms with E-state index in [1.54, 1.807) is 0 Å². The van der Waals surface area contributed by atoms with Gasteiger partial charge in [-0.05, 0) is 68.5 Å². The molecule has 1 spiro atoms. The number of hydrogen-bond donors (Lipinski definition) is 1. The van der Waals surface area contributed by atoms with E-state index in [4.69, 9.17) is 4.74 Å². The first-order valence-corrected chi connectivity index (χ1v) is 10.5. The summed E-state index contributed by atoms with van der Waals surface area (Å²) in [6, 6.07) is 14.4. The number of rotatable bonds is 2. The molecule has 1 amide bonds. The maximum absolute atomic E-state index is 13.1. The summed E-state index contributed by atoms with van der Waals surface area (Å²) in [7, 11) is 2.16. The predicted octanol–water partition coefficient (Wildman–Crippen LogP) is 3.89. The van der Waals surface area contributed by atoms with Crippen LogP contribution in [0.1, 0.15) is 58.8 Å². The SMILES string of the molecule is CN1CCC2(CC1)CC(NC(=O)c1ccc3c(c1)CCC3)c1ccccc1O2. The first kappa shape index (κ1) is 17.7. The van der Waals surface area contributed by atoms with Crippen LogP contribution in [0.4, 0.5) is 0 Å². The van der Waals surface area contributed by atoms with Crippen LogP contribution in [-0.4, -0.2) is 36.5 Å². The first-order valence-electron chi connectivity index (χ1n) is 10.5. The van der Waals surface area contributed by atoms with Crippen molar-refractivity contribution in [3.8, 4) is 5.75 Å². The molecule has 1 atom stereocenters. The standard InChI is InChI=1S/C24H28N2O2/c1-26-13-11-24(12-14-26)16-21(20-7-2-3-8-22(20)28-24)25-23(27)19-10-9-17-5-4-6-18(17)15-19/h2-3,7-10,15,21H,4-6,11-14,16H2,1H3,(H,25,27). The highest BCUT2D eigenvalue weighted by atomic mass is 16.5. The Kier molecular flexibility index (Phi) is 4.39. The number of likely N-dealkylation sites (tertiary alicyclic amines) is 1. The summed E-state index contributed by atoms with van der Waals surface area (Å²) in [5, 5.41) is 3.33. The van der Waals surface area contributed by atoms with E-state index in [9.17, 15) is 4.79 Å². The molecule has 1 unspecified atom stereocenters. The number of piperidine rings is 1. The third-order valence-electron chi connectivity index (χ3n) is 6.76. The lowest BCUT2D eigenvalue weighted by molar-refractivity contribution is -0.0195. The fourth-order valence-electron chi connectivity index (χ4n) is 5.03. The van der Waals surface area contributed by atoms with Crippen molar-refractivity contribution in [2.24, 2.45) is 0 Å². The van der Waals surface area contributed by atoms with E-state index in [1.165, 1.54) is 17.5 Å². The Morgan fingerprint density at radius 3 is 2.75 bits per heavy atom. The second-order valence-corrected chi connectivity index (χ2v) is 8.69. The van der Waals surface area contributed by atoms with Crippen molar-refractivity contribution >= 4 is 5.91 Å². The molecule has 1 N–H and O–H groups in total. The monoisotopic (exact) mass is 376 g/mol.